The second kappa shape index (κ2) is 9.13. The highest BCUT2D eigenvalue weighted by Crippen LogP contribution is 2.18. The molecular formula is C22H22N2O6. The van der Waals surface area contributed by atoms with E-state index in [1.165, 1.54) is 19.2 Å². The summed E-state index contributed by atoms with van der Waals surface area (Å²) in [4.78, 5) is 36.5. The first-order valence-corrected chi connectivity index (χ1v) is 9.23. The van der Waals surface area contributed by atoms with Gasteiger partial charge >= 0.3 is 5.97 Å². The second-order valence-corrected chi connectivity index (χ2v) is 6.63. The third kappa shape index (κ3) is 4.78. The number of nitrogens with one attached hydrogen (secondary N) is 1. The number of aryl methyl sites for hydroxylation is 1. The first kappa shape index (κ1) is 20.9. The number of carbonyl (C=O) groups excluding carboxylic acids is 3. The van der Waals surface area contributed by atoms with Gasteiger partial charge in [-0.05, 0) is 56.3 Å². The number of rotatable bonds is 7. The SMILES string of the molecule is COc1ccc(C(=O)NC(=O)COC(=O)c2cc(C)n(Cc3ccco3)c2C)cc1. The van der Waals surface area contributed by atoms with Gasteiger partial charge in [-0.3, -0.25) is 14.9 Å². The molecule has 0 aliphatic heterocycles. The lowest BCUT2D eigenvalue weighted by Gasteiger charge is -2.08. The van der Waals surface area contributed by atoms with Crippen LogP contribution in [-0.2, 0) is 16.1 Å². The van der Waals surface area contributed by atoms with Crippen LogP contribution in [0.15, 0.2) is 53.1 Å². The maximum absolute atomic E-state index is 12.4. The normalized spacial score (nSPS) is 10.5. The standard InChI is InChI=1S/C22H22N2O6/c1-14-11-19(15(2)24(14)12-18-5-4-10-29-18)22(27)30-13-20(25)23-21(26)16-6-8-17(28-3)9-7-16/h4-11H,12-13H2,1-3H3,(H,23,25,26). The Labute approximate surface area is 173 Å². The molecule has 0 saturated carbocycles. The molecule has 2 heterocycles. The molecule has 0 radical (unpaired) electrons. The van der Waals surface area contributed by atoms with E-state index in [1.54, 1.807) is 37.5 Å². The van der Waals surface area contributed by atoms with Crippen molar-refractivity contribution in [1.29, 1.82) is 0 Å². The summed E-state index contributed by atoms with van der Waals surface area (Å²) in [6, 6.07) is 11.6. The van der Waals surface area contributed by atoms with Gasteiger partial charge in [0.15, 0.2) is 6.61 Å². The molecule has 0 fully saturated rings. The number of methoxy groups -OCH3 is 1. The summed E-state index contributed by atoms with van der Waals surface area (Å²) >= 11 is 0. The molecule has 2 amide bonds. The predicted octanol–water partition coefficient (Wildman–Crippen LogP) is 2.87. The van der Waals surface area contributed by atoms with Crippen molar-refractivity contribution in [1.82, 2.24) is 9.88 Å². The first-order valence-electron chi connectivity index (χ1n) is 9.23. The van der Waals surface area contributed by atoms with Gasteiger partial charge in [-0.25, -0.2) is 4.79 Å². The summed E-state index contributed by atoms with van der Waals surface area (Å²) in [6.07, 6.45) is 1.59. The number of carbonyl (C=O) groups is 3. The molecule has 1 N–H and O–H groups in total. The Morgan fingerprint density at radius 1 is 1.10 bits per heavy atom. The Morgan fingerprint density at radius 2 is 1.83 bits per heavy atom. The van der Waals surface area contributed by atoms with E-state index in [-0.39, 0.29) is 5.56 Å². The van der Waals surface area contributed by atoms with Crippen LogP contribution in [0.25, 0.3) is 0 Å². The minimum atomic E-state index is -0.714. The van der Waals surface area contributed by atoms with Gasteiger partial charge in [-0.2, -0.15) is 0 Å². The molecular weight excluding hydrogens is 388 g/mol. The van der Waals surface area contributed by atoms with E-state index in [1.807, 2.05) is 17.6 Å². The van der Waals surface area contributed by atoms with Gasteiger partial charge in [-0.15, -0.1) is 0 Å². The number of imide groups is 1. The molecule has 2 aromatic heterocycles. The Hall–Kier alpha value is -3.81. The van der Waals surface area contributed by atoms with E-state index in [0.29, 0.717) is 23.6 Å². The number of nitrogens with zero attached hydrogens (tertiary/aromatic N) is 1. The van der Waals surface area contributed by atoms with Gasteiger partial charge in [0.25, 0.3) is 11.8 Å². The summed E-state index contributed by atoms with van der Waals surface area (Å²) in [5.41, 5.74) is 2.20. The highest BCUT2D eigenvalue weighted by molar-refractivity contribution is 6.05. The Bertz CT molecular complexity index is 1050. The molecule has 0 bridgehead atoms. The minimum Gasteiger partial charge on any atom is -0.497 e. The largest absolute Gasteiger partial charge is 0.497 e. The number of benzene rings is 1. The number of amides is 2. The number of hydrogen-bond donors (Lipinski definition) is 1. The monoisotopic (exact) mass is 410 g/mol. The number of ether oxygens (including phenoxy) is 2. The molecule has 8 nitrogen and oxygen atoms in total. The summed E-state index contributed by atoms with van der Waals surface area (Å²) in [6.45, 7) is 3.57. The van der Waals surface area contributed by atoms with Crippen LogP contribution in [0.3, 0.4) is 0 Å². The number of esters is 1. The van der Waals surface area contributed by atoms with Crippen LogP contribution >= 0.6 is 0 Å². The molecule has 3 rings (SSSR count). The van der Waals surface area contributed by atoms with Crippen LogP contribution in [-0.4, -0.2) is 36.1 Å². The molecule has 0 saturated heterocycles. The lowest BCUT2D eigenvalue weighted by molar-refractivity contribution is -0.123. The van der Waals surface area contributed by atoms with Crippen molar-refractivity contribution in [3.05, 3.63) is 77.0 Å². The number of aromatic nitrogens is 1. The third-order valence-electron chi connectivity index (χ3n) is 4.63. The van der Waals surface area contributed by atoms with Gasteiger partial charge < -0.3 is 18.5 Å². The van der Waals surface area contributed by atoms with Crippen molar-refractivity contribution in [2.75, 3.05) is 13.7 Å². The Kier molecular flexibility index (Phi) is 6.36. The highest BCUT2D eigenvalue weighted by atomic mass is 16.5. The molecule has 0 unspecified atom stereocenters. The van der Waals surface area contributed by atoms with Crippen molar-refractivity contribution in [3.63, 3.8) is 0 Å². The van der Waals surface area contributed by atoms with Gasteiger partial charge in [0.05, 0.1) is 25.5 Å². The maximum Gasteiger partial charge on any atom is 0.340 e. The van der Waals surface area contributed by atoms with E-state index in [0.717, 1.165) is 11.5 Å². The lowest BCUT2D eigenvalue weighted by atomic mass is 10.2. The zero-order valence-corrected chi connectivity index (χ0v) is 16.9. The van der Waals surface area contributed by atoms with E-state index >= 15 is 0 Å². The maximum atomic E-state index is 12.4. The van der Waals surface area contributed by atoms with Gasteiger partial charge in [-0.1, -0.05) is 0 Å². The first-order chi connectivity index (χ1) is 14.4. The van der Waals surface area contributed by atoms with E-state index in [9.17, 15) is 14.4 Å². The van der Waals surface area contributed by atoms with Gasteiger partial charge in [0, 0.05) is 17.0 Å². The summed E-state index contributed by atoms with van der Waals surface area (Å²) in [7, 11) is 1.52. The molecule has 8 heteroatoms. The number of furan rings is 1. The molecule has 30 heavy (non-hydrogen) atoms. The number of hydrogen-bond acceptors (Lipinski definition) is 6. The van der Waals surface area contributed by atoms with Crippen LogP contribution in [0.5, 0.6) is 5.75 Å². The fraction of sp³-hybridized carbons (Fsp3) is 0.227. The molecule has 0 aliphatic rings. The van der Waals surface area contributed by atoms with Crippen molar-refractivity contribution >= 4 is 17.8 Å². The van der Waals surface area contributed by atoms with Crippen molar-refractivity contribution in [2.45, 2.75) is 20.4 Å². The quantitative estimate of drug-likeness (QED) is 0.601. The average Bonchev–Trinajstić information content (AvgIpc) is 3.36. The van der Waals surface area contributed by atoms with E-state index < -0.39 is 24.4 Å². The molecule has 0 spiro atoms. The minimum absolute atomic E-state index is 0.289. The van der Waals surface area contributed by atoms with E-state index in [4.69, 9.17) is 13.9 Å². The highest BCUT2D eigenvalue weighted by Gasteiger charge is 2.19. The zero-order valence-electron chi connectivity index (χ0n) is 16.9. The zero-order chi connectivity index (χ0) is 21.7. The third-order valence-corrected chi connectivity index (χ3v) is 4.63. The van der Waals surface area contributed by atoms with Crippen LogP contribution in [0, 0.1) is 13.8 Å². The van der Waals surface area contributed by atoms with Crippen molar-refractivity contribution in [2.24, 2.45) is 0 Å². The summed E-state index contributed by atoms with van der Waals surface area (Å²) in [5.74, 6) is -0.589. The average molecular weight is 410 g/mol. The molecule has 0 aliphatic carbocycles. The van der Waals surface area contributed by atoms with Crippen LogP contribution in [0.1, 0.15) is 37.9 Å². The van der Waals surface area contributed by atoms with Crippen LogP contribution in [0.2, 0.25) is 0 Å². The molecule has 3 aromatic rings. The molecule has 1 aromatic carbocycles. The Balaban J connectivity index is 1.57. The summed E-state index contributed by atoms with van der Waals surface area (Å²) in [5, 5.41) is 2.19. The van der Waals surface area contributed by atoms with Crippen molar-refractivity contribution in [3.8, 4) is 5.75 Å². The smallest absolute Gasteiger partial charge is 0.340 e. The fourth-order valence-corrected chi connectivity index (χ4v) is 3.00. The predicted molar refractivity (Wildman–Crippen MR) is 107 cm³/mol. The topological polar surface area (TPSA) is 99.8 Å². The molecule has 0 atom stereocenters. The fourth-order valence-electron chi connectivity index (χ4n) is 3.00. The lowest BCUT2D eigenvalue weighted by Crippen LogP contribution is -2.34. The van der Waals surface area contributed by atoms with Gasteiger partial charge in [0.2, 0.25) is 0 Å². The summed E-state index contributed by atoms with van der Waals surface area (Å²) < 4.78 is 17.4. The van der Waals surface area contributed by atoms with Crippen LogP contribution in [0.4, 0.5) is 0 Å². The van der Waals surface area contributed by atoms with Crippen LogP contribution < -0.4 is 10.1 Å². The Morgan fingerprint density at radius 3 is 2.47 bits per heavy atom. The van der Waals surface area contributed by atoms with Crippen molar-refractivity contribution < 1.29 is 28.3 Å². The van der Waals surface area contributed by atoms with Gasteiger partial charge in [0.1, 0.15) is 11.5 Å². The van der Waals surface area contributed by atoms with E-state index in [2.05, 4.69) is 5.32 Å². The molecule has 156 valence electrons. The second-order valence-electron chi connectivity index (χ2n) is 6.63.